The minimum absolute atomic E-state index is 0.0406. The minimum Gasteiger partial charge on any atom is -0.332 e. The highest BCUT2D eigenvalue weighted by atomic mass is 32.2. The second-order valence-electron chi connectivity index (χ2n) is 8.64. The van der Waals surface area contributed by atoms with Crippen molar-refractivity contribution < 1.29 is 9.59 Å². The molecule has 0 aromatic carbocycles. The Labute approximate surface area is 162 Å². The van der Waals surface area contributed by atoms with Gasteiger partial charge in [-0.25, -0.2) is 4.98 Å². The zero-order valence-electron chi connectivity index (χ0n) is 14.9. The maximum atomic E-state index is 12.2. The van der Waals surface area contributed by atoms with Crippen molar-refractivity contribution in [3.05, 3.63) is 11.1 Å². The van der Waals surface area contributed by atoms with Crippen LogP contribution in [0, 0.1) is 17.8 Å². The molecular formula is C19H25N3O2S2. The van der Waals surface area contributed by atoms with Crippen molar-refractivity contribution in [2.45, 2.75) is 50.4 Å². The second kappa shape index (κ2) is 6.51. The van der Waals surface area contributed by atoms with Crippen LogP contribution < -0.4 is 5.32 Å². The van der Waals surface area contributed by atoms with E-state index in [-0.39, 0.29) is 16.6 Å². The van der Waals surface area contributed by atoms with Crippen LogP contribution in [0.2, 0.25) is 0 Å². The molecule has 7 heteroatoms. The van der Waals surface area contributed by atoms with Gasteiger partial charge < -0.3 is 10.2 Å². The summed E-state index contributed by atoms with van der Waals surface area (Å²) >= 11 is 2.89. The Morgan fingerprint density at radius 3 is 2.54 bits per heavy atom. The van der Waals surface area contributed by atoms with Crippen LogP contribution in [0.4, 0.5) is 9.93 Å². The molecule has 26 heavy (non-hydrogen) atoms. The molecule has 1 saturated heterocycles. The number of carbonyl (C=O) groups is 2. The molecule has 0 spiro atoms. The van der Waals surface area contributed by atoms with Crippen LogP contribution in [0.5, 0.6) is 0 Å². The first-order chi connectivity index (χ1) is 12.6. The van der Waals surface area contributed by atoms with Gasteiger partial charge in [0.1, 0.15) is 0 Å². The maximum absolute atomic E-state index is 12.2. The number of nitrogens with one attached hydrogen (secondary N) is 1. The van der Waals surface area contributed by atoms with Gasteiger partial charge in [-0.15, -0.1) is 11.3 Å². The molecule has 1 N–H and O–H groups in total. The van der Waals surface area contributed by atoms with Crippen LogP contribution in [0.25, 0.3) is 0 Å². The Kier molecular flexibility index (Phi) is 4.27. The number of carbonyl (C=O) groups excluding carboxylic acids is 2. The number of hydrogen-bond acceptors (Lipinski definition) is 5. The molecule has 5 nitrogen and oxygen atoms in total. The largest absolute Gasteiger partial charge is 0.332 e. The van der Waals surface area contributed by atoms with Gasteiger partial charge in [0.15, 0.2) is 5.13 Å². The smallest absolute Gasteiger partial charge is 0.281 e. The first-order valence-corrected chi connectivity index (χ1v) is 11.6. The highest BCUT2D eigenvalue weighted by Gasteiger charge is 2.52. The molecule has 2 heterocycles. The van der Waals surface area contributed by atoms with Crippen LogP contribution in [-0.2, 0) is 10.2 Å². The summed E-state index contributed by atoms with van der Waals surface area (Å²) in [4.78, 5) is 30.4. The number of amides is 2. The van der Waals surface area contributed by atoms with Gasteiger partial charge in [-0.1, -0.05) is 11.8 Å². The predicted molar refractivity (Wildman–Crippen MR) is 105 cm³/mol. The molecule has 4 bridgehead atoms. The van der Waals surface area contributed by atoms with Gasteiger partial charge in [-0.2, -0.15) is 0 Å². The number of hydrogen-bond donors (Lipinski definition) is 1. The van der Waals surface area contributed by atoms with Gasteiger partial charge in [-0.05, 0) is 56.3 Å². The molecule has 4 aliphatic carbocycles. The van der Waals surface area contributed by atoms with Crippen molar-refractivity contribution in [2.75, 3.05) is 24.2 Å². The third-order valence-electron chi connectivity index (χ3n) is 6.79. The summed E-state index contributed by atoms with van der Waals surface area (Å²) in [5.41, 5.74) is 1.51. The number of thioether (sulfide) groups is 1. The highest BCUT2D eigenvalue weighted by molar-refractivity contribution is 8.13. The zero-order valence-corrected chi connectivity index (χ0v) is 16.5. The summed E-state index contributed by atoms with van der Waals surface area (Å²) in [5.74, 6) is 3.49. The lowest BCUT2D eigenvalue weighted by Gasteiger charge is -2.56. The topological polar surface area (TPSA) is 62.3 Å². The third kappa shape index (κ3) is 3.07. The summed E-state index contributed by atoms with van der Waals surface area (Å²) in [5, 5.41) is 5.96. The number of anilines is 1. The van der Waals surface area contributed by atoms with Crippen molar-refractivity contribution >= 4 is 39.4 Å². The molecule has 1 aliphatic heterocycles. The van der Waals surface area contributed by atoms with Crippen molar-refractivity contribution in [3.63, 3.8) is 0 Å². The molecule has 2 amide bonds. The quantitative estimate of drug-likeness (QED) is 0.820. The Hall–Kier alpha value is -1.08. The van der Waals surface area contributed by atoms with Crippen molar-refractivity contribution in [1.29, 1.82) is 0 Å². The van der Waals surface area contributed by atoms with Crippen LogP contribution in [0.3, 0.4) is 0 Å². The lowest BCUT2D eigenvalue weighted by molar-refractivity contribution is -0.116. The fraction of sp³-hybridized carbons (Fsp3) is 0.737. The zero-order chi connectivity index (χ0) is 17.7. The van der Waals surface area contributed by atoms with Crippen LogP contribution >= 0.6 is 23.1 Å². The van der Waals surface area contributed by atoms with E-state index in [1.165, 1.54) is 56.0 Å². The SMILES string of the molecule is O=C(CCN1CCSC1=O)Nc1nc(C23CC4CC(CC(C4)C2)C3)cs1. The van der Waals surface area contributed by atoms with Crippen LogP contribution in [0.15, 0.2) is 5.38 Å². The fourth-order valence-corrected chi connectivity index (χ4v) is 7.75. The van der Waals surface area contributed by atoms with E-state index in [2.05, 4.69) is 10.7 Å². The number of thiazole rings is 1. The summed E-state index contributed by atoms with van der Waals surface area (Å²) < 4.78 is 0. The Balaban J connectivity index is 1.22. The van der Waals surface area contributed by atoms with E-state index in [9.17, 15) is 9.59 Å². The first kappa shape index (κ1) is 17.0. The van der Waals surface area contributed by atoms with Crippen molar-refractivity contribution in [2.24, 2.45) is 17.8 Å². The van der Waals surface area contributed by atoms with Crippen molar-refractivity contribution in [1.82, 2.24) is 9.88 Å². The van der Waals surface area contributed by atoms with E-state index < -0.39 is 0 Å². The fourth-order valence-electron chi connectivity index (χ4n) is 6.05. The van der Waals surface area contributed by atoms with Crippen LogP contribution in [-0.4, -0.2) is 39.9 Å². The first-order valence-electron chi connectivity index (χ1n) is 9.77. The average molecular weight is 392 g/mol. The molecule has 140 valence electrons. The van der Waals surface area contributed by atoms with E-state index in [0.29, 0.717) is 13.0 Å². The summed E-state index contributed by atoms with van der Waals surface area (Å²) in [6, 6.07) is 0. The minimum atomic E-state index is -0.0406. The van der Waals surface area contributed by atoms with Gasteiger partial charge in [-0.3, -0.25) is 9.59 Å². The number of rotatable bonds is 5. The van der Waals surface area contributed by atoms with Crippen molar-refractivity contribution in [3.8, 4) is 0 Å². The lowest BCUT2D eigenvalue weighted by atomic mass is 9.49. The molecule has 4 saturated carbocycles. The molecule has 0 radical (unpaired) electrons. The van der Waals surface area contributed by atoms with E-state index in [4.69, 9.17) is 4.98 Å². The summed E-state index contributed by atoms with van der Waals surface area (Å²) in [7, 11) is 0. The Morgan fingerprint density at radius 2 is 1.92 bits per heavy atom. The second-order valence-corrected chi connectivity index (χ2v) is 10.5. The van der Waals surface area contributed by atoms with Crippen LogP contribution in [0.1, 0.15) is 50.6 Å². The van der Waals surface area contributed by atoms with E-state index in [1.54, 1.807) is 16.2 Å². The molecule has 6 rings (SSSR count). The van der Waals surface area contributed by atoms with E-state index >= 15 is 0 Å². The number of aromatic nitrogens is 1. The molecule has 1 aromatic heterocycles. The predicted octanol–water partition coefficient (Wildman–Crippen LogP) is 4.11. The maximum Gasteiger partial charge on any atom is 0.281 e. The van der Waals surface area contributed by atoms with Gasteiger partial charge in [0.05, 0.1) is 5.69 Å². The molecule has 5 fully saturated rings. The van der Waals surface area contributed by atoms with Gasteiger partial charge in [0, 0.05) is 36.1 Å². The standard InChI is InChI=1S/C19H25N3O2S2/c23-16(1-2-22-3-4-25-18(22)24)21-17-20-15(11-26-17)19-8-12-5-13(9-19)7-14(6-12)10-19/h11-14H,1-10H2,(H,20,21,23). The van der Waals surface area contributed by atoms with E-state index in [1.807, 2.05) is 0 Å². The monoisotopic (exact) mass is 391 g/mol. The Bertz CT molecular complexity index is 697. The number of nitrogens with zero attached hydrogens (tertiary/aromatic N) is 2. The normalized spacial score (nSPS) is 35.3. The molecular weight excluding hydrogens is 366 g/mol. The average Bonchev–Trinajstić information content (AvgIpc) is 3.21. The van der Waals surface area contributed by atoms with E-state index in [0.717, 1.165) is 35.2 Å². The lowest BCUT2D eigenvalue weighted by Crippen LogP contribution is -2.48. The highest BCUT2D eigenvalue weighted by Crippen LogP contribution is 2.60. The molecule has 5 aliphatic rings. The van der Waals surface area contributed by atoms with Gasteiger partial charge in [0.25, 0.3) is 5.24 Å². The summed E-state index contributed by atoms with van der Waals surface area (Å²) in [6.07, 6.45) is 8.53. The molecule has 1 aromatic rings. The molecule has 0 atom stereocenters. The molecule has 0 unspecified atom stereocenters. The third-order valence-corrected chi connectivity index (χ3v) is 8.44. The van der Waals surface area contributed by atoms with Gasteiger partial charge in [0.2, 0.25) is 5.91 Å². The Morgan fingerprint density at radius 1 is 1.23 bits per heavy atom. The van der Waals surface area contributed by atoms with Gasteiger partial charge >= 0.3 is 0 Å². The summed E-state index contributed by atoms with van der Waals surface area (Å²) in [6.45, 7) is 1.26.